The second-order valence-corrected chi connectivity index (χ2v) is 5.30. The highest BCUT2D eigenvalue weighted by atomic mass is 16.3. The summed E-state index contributed by atoms with van der Waals surface area (Å²) in [6.07, 6.45) is 1.60. The molecule has 1 atom stereocenters. The third-order valence-electron chi connectivity index (χ3n) is 3.71. The van der Waals surface area contributed by atoms with E-state index >= 15 is 0 Å². The molecule has 1 unspecified atom stereocenters. The van der Waals surface area contributed by atoms with E-state index in [0.29, 0.717) is 25.1 Å². The van der Waals surface area contributed by atoms with Crippen LogP contribution in [0.2, 0.25) is 0 Å². The Kier molecular flexibility index (Phi) is 5.38. The van der Waals surface area contributed by atoms with Gasteiger partial charge < -0.3 is 15.1 Å². The van der Waals surface area contributed by atoms with Crippen molar-refractivity contribution in [3.63, 3.8) is 0 Å². The standard InChI is InChI=1S/C17H21NO3/c1-13-14(6-2-3-11-19)7-4-9-16(13)17(21)18-10-5-8-15(20)12-18/h4,7,9,15,19-20H,3,5,8,10-12H2,1H3. The van der Waals surface area contributed by atoms with Crippen molar-refractivity contribution in [3.8, 4) is 11.8 Å². The number of piperidine rings is 1. The van der Waals surface area contributed by atoms with E-state index in [9.17, 15) is 9.90 Å². The Morgan fingerprint density at radius 3 is 3.00 bits per heavy atom. The number of hydrogen-bond donors (Lipinski definition) is 2. The molecular formula is C17H21NO3. The monoisotopic (exact) mass is 287 g/mol. The summed E-state index contributed by atoms with van der Waals surface area (Å²) in [6.45, 7) is 3.02. The second-order valence-electron chi connectivity index (χ2n) is 5.30. The molecule has 112 valence electrons. The maximum Gasteiger partial charge on any atom is 0.254 e. The normalized spacial score (nSPS) is 18.0. The Balaban J connectivity index is 2.22. The van der Waals surface area contributed by atoms with Gasteiger partial charge in [-0.3, -0.25) is 4.79 Å². The molecule has 1 aliphatic heterocycles. The summed E-state index contributed by atoms with van der Waals surface area (Å²) in [4.78, 5) is 14.3. The van der Waals surface area contributed by atoms with Crippen molar-refractivity contribution in [2.75, 3.05) is 19.7 Å². The highest BCUT2D eigenvalue weighted by Gasteiger charge is 2.24. The Morgan fingerprint density at radius 1 is 1.48 bits per heavy atom. The van der Waals surface area contributed by atoms with Gasteiger partial charge in [0.15, 0.2) is 0 Å². The number of nitrogens with zero attached hydrogens (tertiary/aromatic N) is 1. The SMILES string of the molecule is Cc1c(C#CCCO)cccc1C(=O)N1CCCC(O)C1. The van der Waals surface area contributed by atoms with Crippen LogP contribution in [0, 0.1) is 18.8 Å². The van der Waals surface area contributed by atoms with E-state index < -0.39 is 6.10 Å². The molecule has 21 heavy (non-hydrogen) atoms. The van der Waals surface area contributed by atoms with Crippen LogP contribution in [-0.4, -0.2) is 46.8 Å². The number of β-amino-alcohol motifs (C(OH)–C–C–N with tert-alkyl or cyclic N) is 1. The summed E-state index contributed by atoms with van der Waals surface area (Å²) in [6, 6.07) is 5.50. The van der Waals surface area contributed by atoms with Gasteiger partial charge in [0, 0.05) is 30.6 Å². The van der Waals surface area contributed by atoms with Gasteiger partial charge >= 0.3 is 0 Å². The van der Waals surface area contributed by atoms with E-state index in [1.165, 1.54) is 0 Å². The summed E-state index contributed by atoms with van der Waals surface area (Å²) in [5, 5.41) is 18.5. The van der Waals surface area contributed by atoms with E-state index in [1.54, 1.807) is 11.0 Å². The van der Waals surface area contributed by atoms with Gasteiger partial charge in [-0.2, -0.15) is 0 Å². The molecule has 1 aliphatic rings. The molecule has 0 aliphatic carbocycles. The van der Waals surface area contributed by atoms with Gasteiger partial charge in [-0.05, 0) is 37.5 Å². The molecule has 0 radical (unpaired) electrons. The third kappa shape index (κ3) is 3.84. The number of hydrogen-bond acceptors (Lipinski definition) is 3. The second kappa shape index (κ2) is 7.26. The van der Waals surface area contributed by atoms with Crippen molar-refractivity contribution in [1.29, 1.82) is 0 Å². The zero-order valence-electron chi connectivity index (χ0n) is 12.3. The summed E-state index contributed by atoms with van der Waals surface area (Å²) in [7, 11) is 0. The predicted molar refractivity (Wildman–Crippen MR) is 80.9 cm³/mol. The molecule has 4 heteroatoms. The fraction of sp³-hybridized carbons (Fsp3) is 0.471. The van der Waals surface area contributed by atoms with Gasteiger partial charge in [0.2, 0.25) is 0 Å². The van der Waals surface area contributed by atoms with Crippen molar-refractivity contribution >= 4 is 5.91 Å². The largest absolute Gasteiger partial charge is 0.395 e. The molecule has 4 nitrogen and oxygen atoms in total. The van der Waals surface area contributed by atoms with E-state index in [-0.39, 0.29) is 12.5 Å². The maximum atomic E-state index is 12.6. The van der Waals surface area contributed by atoms with Crippen LogP contribution in [0.4, 0.5) is 0 Å². The van der Waals surface area contributed by atoms with Crippen LogP contribution in [0.5, 0.6) is 0 Å². The number of aliphatic hydroxyl groups is 2. The Hall–Kier alpha value is -1.83. The lowest BCUT2D eigenvalue weighted by Gasteiger charge is -2.30. The van der Waals surface area contributed by atoms with Crippen molar-refractivity contribution in [1.82, 2.24) is 4.90 Å². The summed E-state index contributed by atoms with van der Waals surface area (Å²) in [5.74, 6) is 5.83. The summed E-state index contributed by atoms with van der Waals surface area (Å²) < 4.78 is 0. The molecule has 1 amide bonds. The minimum absolute atomic E-state index is 0.0380. The zero-order chi connectivity index (χ0) is 15.2. The van der Waals surface area contributed by atoms with Gasteiger partial charge in [-0.15, -0.1) is 0 Å². The molecule has 0 saturated carbocycles. The lowest BCUT2D eigenvalue weighted by Crippen LogP contribution is -2.42. The quantitative estimate of drug-likeness (QED) is 0.807. The van der Waals surface area contributed by atoms with Gasteiger partial charge in [-0.25, -0.2) is 0 Å². The molecular weight excluding hydrogens is 266 g/mol. The van der Waals surface area contributed by atoms with E-state index in [1.807, 2.05) is 19.1 Å². The molecule has 0 bridgehead atoms. The van der Waals surface area contributed by atoms with Crippen LogP contribution in [0.15, 0.2) is 18.2 Å². The molecule has 2 rings (SSSR count). The fourth-order valence-electron chi connectivity index (χ4n) is 2.53. The van der Waals surface area contributed by atoms with Gasteiger partial charge in [-0.1, -0.05) is 17.9 Å². The Bertz CT molecular complexity index is 571. The number of rotatable bonds is 2. The number of carbonyl (C=O) groups is 1. The average Bonchev–Trinajstić information content (AvgIpc) is 2.48. The van der Waals surface area contributed by atoms with Crippen LogP contribution in [-0.2, 0) is 0 Å². The topological polar surface area (TPSA) is 60.8 Å². The molecule has 1 aromatic carbocycles. The fourth-order valence-corrected chi connectivity index (χ4v) is 2.53. The van der Waals surface area contributed by atoms with Gasteiger partial charge in [0.05, 0.1) is 12.7 Å². The van der Waals surface area contributed by atoms with E-state index in [4.69, 9.17) is 5.11 Å². The van der Waals surface area contributed by atoms with Crippen molar-refractivity contribution in [2.24, 2.45) is 0 Å². The molecule has 0 aromatic heterocycles. The maximum absolute atomic E-state index is 12.6. The molecule has 1 fully saturated rings. The smallest absolute Gasteiger partial charge is 0.254 e. The summed E-state index contributed by atoms with van der Waals surface area (Å²) in [5.41, 5.74) is 2.31. The Morgan fingerprint density at radius 2 is 2.29 bits per heavy atom. The minimum atomic E-state index is -0.421. The highest BCUT2D eigenvalue weighted by Crippen LogP contribution is 2.18. The van der Waals surface area contributed by atoms with Crippen LogP contribution >= 0.6 is 0 Å². The third-order valence-corrected chi connectivity index (χ3v) is 3.71. The first kappa shape index (κ1) is 15.6. The van der Waals surface area contributed by atoms with Crippen molar-refractivity contribution < 1.29 is 15.0 Å². The predicted octanol–water partition coefficient (Wildman–Crippen LogP) is 1.33. The summed E-state index contributed by atoms with van der Waals surface area (Å²) >= 11 is 0. The number of carbonyl (C=O) groups excluding carboxylic acids is 1. The Labute approximate surface area is 125 Å². The number of aliphatic hydroxyl groups excluding tert-OH is 2. The molecule has 1 saturated heterocycles. The molecule has 0 spiro atoms. The molecule has 1 heterocycles. The van der Waals surface area contributed by atoms with Crippen LogP contribution in [0.25, 0.3) is 0 Å². The number of amides is 1. The number of benzene rings is 1. The minimum Gasteiger partial charge on any atom is -0.395 e. The van der Waals surface area contributed by atoms with Gasteiger partial charge in [0.25, 0.3) is 5.91 Å². The molecule has 2 N–H and O–H groups in total. The van der Waals surface area contributed by atoms with Crippen molar-refractivity contribution in [2.45, 2.75) is 32.3 Å². The first-order valence-corrected chi connectivity index (χ1v) is 7.30. The van der Waals surface area contributed by atoms with Crippen molar-refractivity contribution in [3.05, 3.63) is 34.9 Å². The van der Waals surface area contributed by atoms with E-state index in [2.05, 4.69) is 11.8 Å². The number of likely N-dealkylation sites (tertiary alicyclic amines) is 1. The van der Waals surface area contributed by atoms with Crippen LogP contribution in [0.3, 0.4) is 0 Å². The highest BCUT2D eigenvalue weighted by molar-refractivity contribution is 5.96. The van der Waals surface area contributed by atoms with Crippen LogP contribution < -0.4 is 0 Å². The molecule has 1 aromatic rings. The first-order valence-electron chi connectivity index (χ1n) is 7.30. The zero-order valence-corrected chi connectivity index (χ0v) is 12.3. The first-order chi connectivity index (χ1) is 10.1. The lowest BCUT2D eigenvalue weighted by molar-refractivity contribution is 0.0473. The van der Waals surface area contributed by atoms with Gasteiger partial charge in [0.1, 0.15) is 0 Å². The van der Waals surface area contributed by atoms with Crippen LogP contribution in [0.1, 0.15) is 40.7 Å². The average molecular weight is 287 g/mol. The van der Waals surface area contributed by atoms with E-state index in [0.717, 1.165) is 24.0 Å². The lowest BCUT2D eigenvalue weighted by atomic mass is 10.00.